The van der Waals surface area contributed by atoms with Crippen molar-refractivity contribution in [2.75, 3.05) is 11.9 Å². The molecule has 9 nitrogen and oxygen atoms in total. The molecule has 1 aliphatic carbocycles. The fraction of sp³-hybridized carbons (Fsp3) is 0.424. The Kier molecular flexibility index (Phi) is 9.29. The van der Waals surface area contributed by atoms with Crippen LogP contribution >= 0.6 is 0 Å². The largest absolute Gasteiger partial charge is 0.481 e. The Labute approximate surface area is 247 Å². The minimum atomic E-state index is -0.968. The first-order valence-corrected chi connectivity index (χ1v) is 14.5. The second-order valence-electron chi connectivity index (χ2n) is 12.2. The van der Waals surface area contributed by atoms with Crippen molar-refractivity contribution in [1.82, 2.24) is 10.2 Å². The average molecular weight is 572 g/mol. The lowest BCUT2D eigenvalue weighted by Gasteiger charge is -2.46. The van der Waals surface area contributed by atoms with Crippen LogP contribution in [0.4, 0.5) is 5.69 Å². The van der Waals surface area contributed by atoms with Gasteiger partial charge in [-0.15, -0.1) is 0 Å². The molecule has 1 spiro atoms. The highest BCUT2D eigenvalue weighted by atomic mass is 16.4. The summed E-state index contributed by atoms with van der Waals surface area (Å²) in [4.78, 5) is 44.6. The smallest absolute Gasteiger partial charge is 0.305 e. The van der Waals surface area contributed by atoms with Crippen molar-refractivity contribution >= 4 is 35.4 Å². The molecule has 1 heterocycles. The van der Waals surface area contributed by atoms with E-state index in [-0.39, 0.29) is 36.2 Å². The fourth-order valence-electron chi connectivity index (χ4n) is 6.03. The van der Waals surface area contributed by atoms with Crippen LogP contribution in [0.2, 0.25) is 0 Å². The van der Waals surface area contributed by atoms with E-state index in [4.69, 9.17) is 15.5 Å². The van der Waals surface area contributed by atoms with Crippen molar-refractivity contribution in [3.05, 3.63) is 77.5 Å². The minimum Gasteiger partial charge on any atom is -0.481 e. The Balaban J connectivity index is 1.62. The van der Waals surface area contributed by atoms with E-state index in [1.165, 1.54) is 6.21 Å². The molecule has 0 saturated heterocycles. The standard InChI is InChI=1S/C33H41N5O4/c1-22(23-9-11-24(12-10-23)30(41)36-20-15-28(39)40)38-31(42)29(25-7-5-8-27(21-25)35-19-6-18-34)37-33(38)16-13-26(14-17-33)32(2,3)4/h5-12,18-19,21-22,26,34-35H,13-17,20H2,1-4H3,(H,36,41)(H,39,40)/b19-6-,34-18?/t22-,26?,33?/m1/s1. The molecule has 4 N–H and O–H groups in total. The summed E-state index contributed by atoms with van der Waals surface area (Å²) in [7, 11) is 0. The van der Waals surface area contributed by atoms with Crippen LogP contribution in [-0.2, 0) is 9.59 Å². The van der Waals surface area contributed by atoms with Crippen LogP contribution < -0.4 is 10.6 Å². The van der Waals surface area contributed by atoms with Gasteiger partial charge in [0, 0.05) is 35.8 Å². The van der Waals surface area contributed by atoms with E-state index >= 15 is 0 Å². The number of carbonyl (C=O) groups is 3. The highest BCUT2D eigenvalue weighted by Gasteiger charge is 2.51. The lowest BCUT2D eigenvalue weighted by molar-refractivity contribution is -0.137. The topological polar surface area (TPSA) is 135 Å². The van der Waals surface area contributed by atoms with Gasteiger partial charge in [0.2, 0.25) is 0 Å². The van der Waals surface area contributed by atoms with Crippen molar-refractivity contribution in [3.8, 4) is 0 Å². The molecule has 222 valence electrons. The number of aliphatic carboxylic acids is 1. The SMILES string of the molecule is C[C@H](c1ccc(C(=O)NCCC(=O)O)cc1)N1C(=O)C(c2cccc(N/C=C\C=N)c2)=NC12CCC(C(C)(C)C)CC2. The monoisotopic (exact) mass is 571 g/mol. The fourth-order valence-corrected chi connectivity index (χ4v) is 6.03. The quantitative estimate of drug-likeness (QED) is 0.268. The summed E-state index contributed by atoms with van der Waals surface area (Å²) in [5.74, 6) is -0.871. The lowest BCUT2D eigenvalue weighted by Crippen LogP contribution is -2.50. The number of carbonyl (C=O) groups excluding carboxylic acids is 2. The predicted molar refractivity (Wildman–Crippen MR) is 165 cm³/mol. The Morgan fingerprint density at radius 1 is 1.17 bits per heavy atom. The van der Waals surface area contributed by atoms with Crippen LogP contribution in [0.5, 0.6) is 0 Å². The van der Waals surface area contributed by atoms with Crippen molar-refractivity contribution in [1.29, 1.82) is 5.41 Å². The van der Waals surface area contributed by atoms with Gasteiger partial charge in [0.05, 0.1) is 12.5 Å². The summed E-state index contributed by atoms with van der Waals surface area (Å²) < 4.78 is 0. The van der Waals surface area contributed by atoms with Gasteiger partial charge in [-0.05, 0) is 79.8 Å². The number of benzene rings is 2. The van der Waals surface area contributed by atoms with E-state index in [1.54, 1.807) is 24.4 Å². The van der Waals surface area contributed by atoms with Gasteiger partial charge >= 0.3 is 5.97 Å². The van der Waals surface area contributed by atoms with Gasteiger partial charge in [-0.3, -0.25) is 19.4 Å². The van der Waals surface area contributed by atoms with Crippen LogP contribution in [0, 0.1) is 16.7 Å². The number of hydrogen-bond donors (Lipinski definition) is 4. The third-order valence-corrected chi connectivity index (χ3v) is 8.45. The summed E-state index contributed by atoms with van der Waals surface area (Å²) in [6, 6.07) is 14.5. The molecule has 4 rings (SSSR count). The van der Waals surface area contributed by atoms with E-state index in [0.29, 0.717) is 17.2 Å². The molecule has 2 amide bonds. The van der Waals surface area contributed by atoms with Crippen molar-refractivity contribution in [2.45, 2.75) is 71.5 Å². The van der Waals surface area contributed by atoms with Crippen molar-refractivity contribution < 1.29 is 19.5 Å². The molecular formula is C33H41N5O4. The number of allylic oxidation sites excluding steroid dienone is 1. The summed E-state index contributed by atoms with van der Waals surface area (Å²) in [5, 5.41) is 21.8. The minimum absolute atomic E-state index is 0.0580. The third-order valence-electron chi connectivity index (χ3n) is 8.45. The zero-order valence-electron chi connectivity index (χ0n) is 24.8. The van der Waals surface area contributed by atoms with E-state index in [1.807, 2.05) is 48.2 Å². The zero-order chi connectivity index (χ0) is 30.5. The molecule has 2 aromatic carbocycles. The van der Waals surface area contributed by atoms with E-state index in [0.717, 1.165) is 42.5 Å². The Morgan fingerprint density at radius 2 is 1.86 bits per heavy atom. The van der Waals surface area contributed by atoms with Gasteiger partial charge in [-0.1, -0.05) is 45.0 Å². The van der Waals surface area contributed by atoms with Crippen LogP contribution in [-0.4, -0.2) is 51.9 Å². The number of nitrogens with zero attached hydrogens (tertiary/aromatic N) is 2. The molecule has 1 aliphatic heterocycles. The number of nitrogens with one attached hydrogen (secondary N) is 3. The number of anilines is 1. The molecule has 2 aliphatic rings. The average Bonchev–Trinajstić information content (AvgIpc) is 3.23. The van der Waals surface area contributed by atoms with Gasteiger partial charge in [0.25, 0.3) is 11.8 Å². The van der Waals surface area contributed by atoms with Gasteiger partial charge in [-0.2, -0.15) is 0 Å². The molecule has 42 heavy (non-hydrogen) atoms. The maximum atomic E-state index is 14.2. The van der Waals surface area contributed by atoms with Gasteiger partial charge in [-0.25, -0.2) is 0 Å². The second-order valence-corrected chi connectivity index (χ2v) is 12.2. The Bertz CT molecular complexity index is 1380. The number of carboxylic acid groups (broad SMARTS) is 1. The molecule has 1 saturated carbocycles. The molecule has 1 atom stereocenters. The van der Waals surface area contributed by atoms with Gasteiger partial charge in [0.15, 0.2) is 0 Å². The first-order valence-electron chi connectivity index (χ1n) is 14.5. The highest BCUT2D eigenvalue weighted by molar-refractivity contribution is 6.47. The van der Waals surface area contributed by atoms with Crippen LogP contribution in [0.3, 0.4) is 0 Å². The van der Waals surface area contributed by atoms with Crippen LogP contribution in [0.15, 0.2) is 65.8 Å². The first-order chi connectivity index (χ1) is 19.9. The molecular weight excluding hydrogens is 530 g/mol. The molecule has 9 heteroatoms. The second kappa shape index (κ2) is 12.7. The van der Waals surface area contributed by atoms with E-state index in [2.05, 4.69) is 31.4 Å². The van der Waals surface area contributed by atoms with Gasteiger partial charge in [0.1, 0.15) is 11.4 Å². The first kappa shape index (κ1) is 30.7. The van der Waals surface area contributed by atoms with Gasteiger partial charge < -0.3 is 26.0 Å². The molecule has 0 unspecified atom stereocenters. The normalized spacial score (nSPS) is 21.3. The van der Waals surface area contributed by atoms with Crippen LogP contribution in [0.25, 0.3) is 0 Å². The maximum Gasteiger partial charge on any atom is 0.305 e. The summed E-state index contributed by atoms with van der Waals surface area (Å²) in [5.41, 5.74) is 2.85. The number of carboxylic acids is 1. The molecule has 0 radical (unpaired) electrons. The highest BCUT2D eigenvalue weighted by Crippen LogP contribution is 2.49. The number of hydrogen-bond acceptors (Lipinski definition) is 6. The summed E-state index contributed by atoms with van der Waals surface area (Å²) in [6.07, 6.45) is 7.81. The van der Waals surface area contributed by atoms with Crippen LogP contribution in [0.1, 0.15) is 87.3 Å². The number of aliphatic imine (C=N–C) groups is 1. The third kappa shape index (κ3) is 6.78. The van der Waals surface area contributed by atoms with Crippen molar-refractivity contribution in [3.63, 3.8) is 0 Å². The Morgan fingerprint density at radius 3 is 2.48 bits per heavy atom. The molecule has 0 bridgehead atoms. The maximum absolute atomic E-state index is 14.2. The van der Waals surface area contributed by atoms with E-state index in [9.17, 15) is 14.4 Å². The van der Waals surface area contributed by atoms with Crippen molar-refractivity contribution in [2.24, 2.45) is 16.3 Å². The Hall–Kier alpha value is -4.27. The molecule has 0 aromatic heterocycles. The number of rotatable bonds is 10. The molecule has 2 aromatic rings. The lowest BCUT2D eigenvalue weighted by atomic mass is 9.69. The summed E-state index contributed by atoms with van der Waals surface area (Å²) >= 11 is 0. The van der Waals surface area contributed by atoms with E-state index < -0.39 is 11.6 Å². The zero-order valence-corrected chi connectivity index (χ0v) is 24.8. The predicted octanol–water partition coefficient (Wildman–Crippen LogP) is 5.79. The molecule has 1 fully saturated rings. The number of amides is 2. The summed E-state index contributed by atoms with van der Waals surface area (Å²) in [6.45, 7) is 8.89.